The second-order valence-corrected chi connectivity index (χ2v) is 41.3. The quantitative estimate of drug-likeness (QED) is 0.130. The van der Waals surface area contributed by atoms with E-state index in [1.807, 2.05) is 46.4 Å². The number of aromatic nitrogens is 9. The smallest absolute Gasteiger partial charge is 0.146 e. The van der Waals surface area contributed by atoms with Gasteiger partial charge < -0.3 is 18.3 Å². The van der Waals surface area contributed by atoms with Crippen molar-refractivity contribution < 1.29 is 0 Å². The van der Waals surface area contributed by atoms with E-state index in [0.717, 1.165) is 95.4 Å². The Morgan fingerprint density at radius 2 is 0.442 bits per heavy atom. The molecule has 0 aliphatic heterocycles. The third-order valence-electron chi connectivity index (χ3n) is 29.9. The fourth-order valence-corrected chi connectivity index (χ4v) is 26.4. The van der Waals surface area contributed by atoms with E-state index in [9.17, 15) is 0 Å². The molecule has 0 bridgehead atoms. The average Bonchev–Trinajstić information content (AvgIpc) is 1.58. The van der Waals surface area contributed by atoms with Crippen LogP contribution in [0.4, 0.5) is 0 Å². The summed E-state index contributed by atoms with van der Waals surface area (Å²) in [5, 5.41) is 22.6. The summed E-state index contributed by atoms with van der Waals surface area (Å²) in [5.74, 6) is 0.908. The number of thiophene rings is 3. The zero-order valence-corrected chi connectivity index (χ0v) is 81.6. The number of pyridine rings is 3. The van der Waals surface area contributed by atoms with Crippen molar-refractivity contribution in [3.8, 4) is 90.2 Å². The van der Waals surface area contributed by atoms with Crippen LogP contribution in [0.2, 0.25) is 0 Å². The van der Waals surface area contributed by atoms with Crippen molar-refractivity contribution >= 4 is 225 Å². The number of rotatable bonds is 11. The predicted octanol–water partition coefficient (Wildman–Crippen LogP) is 37.3. The fraction of sp³-hybridized carbons (Fsp3) is 0. The minimum Gasteiger partial charge on any atom is -0.309 e. The lowest BCUT2D eigenvalue weighted by molar-refractivity contribution is 1.08. The molecule has 0 atom stereocenters. The number of para-hydroxylation sites is 9. The number of fused-ring (bicyclic) bond motifs is 27. The maximum absolute atomic E-state index is 5.34. The fourth-order valence-electron chi connectivity index (χ4n) is 23.2. The average molecular weight is 1930 g/mol. The van der Waals surface area contributed by atoms with Crippen molar-refractivity contribution in [1.29, 1.82) is 0 Å². The van der Waals surface area contributed by atoms with E-state index >= 15 is 0 Å². The summed E-state index contributed by atoms with van der Waals surface area (Å²) >= 11 is 5.54. The number of benzene rings is 20. The molecule has 12 aromatic heterocycles. The summed E-state index contributed by atoms with van der Waals surface area (Å²) in [4.78, 5) is 15.5. The number of nitrogens with zero attached hydrogens (tertiary/aromatic N) is 9. The highest BCUT2D eigenvalue weighted by molar-refractivity contribution is 7.26. The van der Waals surface area contributed by atoms with Crippen molar-refractivity contribution in [2.75, 3.05) is 0 Å². The lowest BCUT2D eigenvalue weighted by Gasteiger charge is -2.12. The normalized spacial score (nSPS) is 11.9. The summed E-state index contributed by atoms with van der Waals surface area (Å²) in [6.07, 6.45) is 3.97. The zero-order chi connectivity index (χ0) is 96.4. The zero-order valence-electron chi connectivity index (χ0n) is 79.2. The van der Waals surface area contributed by atoms with Crippen molar-refractivity contribution in [3.05, 3.63) is 504 Å². The maximum atomic E-state index is 5.34. The van der Waals surface area contributed by atoms with Gasteiger partial charge in [0.25, 0.3) is 0 Å². The first-order valence-electron chi connectivity index (χ1n) is 49.8. The van der Waals surface area contributed by atoms with Gasteiger partial charge in [0, 0.05) is 171 Å². The molecule has 32 aromatic rings. The highest BCUT2D eigenvalue weighted by Gasteiger charge is 2.25. The Balaban J connectivity index is 0.000000102. The van der Waals surface area contributed by atoms with Gasteiger partial charge in [-0.3, -0.25) is 14.1 Å². The third kappa shape index (κ3) is 13.7. The molecule has 12 heterocycles. The number of hydrogen-bond acceptors (Lipinski definition) is 6. The molecule has 147 heavy (non-hydrogen) atoms. The molecular weight excluding hydrogens is 1840 g/mol. The van der Waals surface area contributed by atoms with Crippen LogP contribution in [0.3, 0.4) is 0 Å². The van der Waals surface area contributed by atoms with Gasteiger partial charge in [-0.2, -0.15) is 0 Å². The first-order chi connectivity index (χ1) is 72.9. The molecule has 32 rings (SSSR count). The van der Waals surface area contributed by atoms with Crippen LogP contribution in [0.15, 0.2) is 504 Å². The lowest BCUT2D eigenvalue weighted by atomic mass is 10.0. The molecule has 686 valence electrons. The van der Waals surface area contributed by atoms with Gasteiger partial charge in [0.2, 0.25) is 0 Å². The van der Waals surface area contributed by atoms with Crippen LogP contribution in [0, 0.1) is 0 Å². The largest absolute Gasteiger partial charge is 0.309 e. The van der Waals surface area contributed by atoms with Crippen molar-refractivity contribution in [3.63, 3.8) is 0 Å². The number of hydrogen-bond donors (Lipinski definition) is 0. The molecule has 20 aromatic carbocycles. The lowest BCUT2D eigenvalue weighted by Crippen LogP contribution is -1.98. The molecule has 0 saturated heterocycles. The highest BCUT2D eigenvalue weighted by Crippen LogP contribution is 2.47. The van der Waals surface area contributed by atoms with Crippen molar-refractivity contribution in [2.24, 2.45) is 0 Å². The molecule has 0 fully saturated rings. The highest BCUT2D eigenvalue weighted by atomic mass is 32.1. The van der Waals surface area contributed by atoms with E-state index < -0.39 is 0 Å². The molecule has 0 saturated carbocycles. The van der Waals surface area contributed by atoms with E-state index in [1.165, 1.54) is 186 Å². The minimum atomic E-state index is 0.908. The Bertz CT molecular complexity index is 10500. The summed E-state index contributed by atoms with van der Waals surface area (Å²) in [7, 11) is 0. The van der Waals surface area contributed by atoms with Crippen molar-refractivity contribution in [2.45, 2.75) is 0 Å². The molecular formula is C135H83N9S3. The standard InChI is InChI=1S/2C47H29N3S.C41H25N3S/c1-5-18-41-34(13-1)35-14-2-6-19-42(35)49(41)33-12-9-11-30(27-33)31-23-25-37-36-15-3-7-20-43(36)50(44(37)29-31)47-22-10-17-40(48-47)32-24-26-46-39(28-32)38-16-4-8-21-45(38)51-46;1-5-16-42-36(12-1)37-13-2-6-17-43(37)49(42)34-11-9-10-30(24-34)32-20-22-39-38-14-3-7-18-44(38)50(45(39)27-32)35-25-33(28-48-29-35)31-21-23-47-41(26-31)40-15-4-8-19-46(40)51-47;1-5-13-36-29(9-1)30-10-2-6-14-37(30)43(36)27-19-17-26(18-20-27)35-23-22-33-31-11-3-7-15-38(31)44(41(33)42-35)28-21-24-40-34(25-28)32-12-4-8-16-39(32)45-40/h2*1-29H;1-25H. The monoisotopic (exact) mass is 1930 g/mol. The predicted molar refractivity (Wildman–Crippen MR) is 625 cm³/mol. The van der Waals surface area contributed by atoms with E-state index in [0.29, 0.717) is 0 Å². The molecule has 0 N–H and O–H groups in total. The summed E-state index contributed by atoms with van der Waals surface area (Å²) in [5.41, 5.74) is 30.7. The molecule has 0 spiro atoms. The van der Waals surface area contributed by atoms with Gasteiger partial charge in [-0.05, 0) is 222 Å². The SMILES string of the molecule is c1cc(-c2ccc3c4ccccc4n(-c4cccc(-c5ccc6sc7ccccc7c6c5)n4)c3c2)cc(-n2c3ccccc3c3ccccc32)c1.c1cc(-c2ccc3c4ccccc4n(-c4cncc(-c5ccc6sc7ccccc7c6c5)c4)c3c2)cc(-n2c3ccccc3c3ccccc32)c1.c1ccc2c(c1)sc1ccc(-n3c4ccccc4c4ccc(-c5ccc(-n6c7ccccc7c7ccccc76)cc5)nc43)cc12. The van der Waals surface area contributed by atoms with Crippen LogP contribution in [-0.2, 0) is 0 Å². The summed E-state index contributed by atoms with van der Waals surface area (Å²) in [6.45, 7) is 0. The summed E-state index contributed by atoms with van der Waals surface area (Å²) < 4.78 is 22.0. The van der Waals surface area contributed by atoms with E-state index in [-0.39, 0.29) is 0 Å². The Kier molecular flexibility index (Phi) is 19.5. The Morgan fingerprint density at radius 1 is 0.143 bits per heavy atom. The Hall–Kier alpha value is -18.7. The van der Waals surface area contributed by atoms with E-state index in [1.54, 1.807) is 0 Å². The van der Waals surface area contributed by atoms with Crippen LogP contribution in [0.1, 0.15) is 0 Å². The molecule has 0 aliphatic rings. The van der Waals surface area contributed by atoms with Gasteiger partial charge in [0.1, 0.15) is 11.5 Å². The molecule has 12 heteroatoms. The molecule has 0 amide bonds. The third-order valence-corrected chi connectivity index (χ3v) is 33.3. The van der Waals surface area contributed by atoms with Gasteiger partial charge >= 0.3 is 0 Å². The second kappa shape index (κ2) is 34.0. The molecule has 0 aliphatic carbocycles. The Morgan fingerprint density at radius 3 is 0.912 bits per heavy atom. The van der Waals surface area contributed by atoms with E-state index in [4.69, 9.17) is 15.0 Å². The molecule has 0 radical (unpaired) electrons. The van der Waals surface area contributed by atoms with Gasteiger partial charge in [-0.15, -0.1) is 34.0 Å². The van der Waals surface area contributed by atoms with Crippen LogP contribution >= 0.6 is 34.0 Å². The van der Waals surface area contributed by atoms with Gasteiger partial charge in [0.15, 0.2) is 0 Å². The first-order valence-corrected chi connectivity index (χ1v) is 52.3. The summed E-state index contributed by atoms with van der Waals surface area (Å²) in [6, 6.07) is 178. The van der Waals surface area contributed by atoms with Gasteiger partial charge in [-0.25, -0.2) is 9.97 Å². The maximum Gasteiger partial charge on any atom is 0.146 e. The second-order valence-electron chi connectivity index (χ2n) is 38.1. The first kappa shape index (κ1) is 84.0. The van der Waals surface area contributed by atoms with Crippen LogP contribution in [-0.4, -0.2) is 42.4 Å². The van der Waals surface area contributed by atoms with Crippen LogP contribution in [0.5, 0.6) is 0 Å². The topological polar surface area (TPSA) is 68.2 Å². The molecule has 9 nitrogen and oxygen atoms in total. The Labute approximate surface area is 855 Å². The van der Waals surface area contributed by atoms with E-state index in [2.05, 4.69) is 519 Å². The van der Waals surface area contributed by atoms with Crippen LogP contribution < -0.4 is 0 Å². The van der Waals surface area contributed by atoms with Gasteiger partial charge in [0.05, 0.1) is 84.0 Å². The van der Waals surface area contributed by atoms with Gasteiger partial charge in [-0.1, -0.05) is 297 Å². The van der Waals surface area contributed by atoms with Crippen molar-refractivity contribution in [1.82, 2.24) is 42.4 Å². The minimum absolute atomic E-state index is 0.908. The molecule has 0 unspecified atom stereocenters. The van der Waals surface area contributed by atoms with Crippen LogP contribution in [0.25, 0.3) is 282 Å².